The summed E-state index contributed by atoms with van der Waals surface area (Å²) in [6.45, 7) is 2.01. The number of hydrogen-bond acceptors (Lipinski definition) is 6. The molecule has 148 valence electrons. The monoisotopic (exact) mass is 384 g/mol. The van der Waals surface area contributed by atoms with Crippen molar-refractivity contribution < 1.29 is 14.5 Å². The summed E-state index contributed by atoms with van der Waals surface area (Å²) in [5.41, 5.74) is 1.89. The second-order valence-electron chi connectivity index (χ2n) is 6.61. The first kappa shape index (κ1) is 19.5. The SMILES string of the molecule is COc1ccc(NC(=O)CNc2ccccc2N2CCCCC2)c([N+](=O)[O-])c1. The lowest BCUT2D eigenvalue weighted by atomic mass is 10.1. The maximum Gasteiger partial charge on any atom is 0.296 e. The van der Waals surface area contributed by atoms with Crippen LogP contribution in [0.2, 0.25) is 0 Å². The van der Waals surface area contributed by atoms with E-state index in [0.717, 1.165) is 37.3 Å². The van der Waals surface area contributed by atoms with E-state index < -0.39 is 4.92 Å². The smallest absolute Gasteiger partial charge is 0.296 e. The molecule has 1 aliphatic rings. The van der Waals surface area contributed by atoms with Crippen molar-refractivity contribution in [3.8, 4) is 5.75 Å². The summed E-state index contributed by atoms with van der Waals surface area (Å²) in [6.07, 6.45) is 3.57. The Kier molecular flexibility index (Phi) is 6.31. The topological polar surface area (TPSA) is 96.7 Å². The number of methoxy groups -OCH3 is 1. The number of carbonyl (C=O) groups is 1. The first-order chi connectivity index (χ1) is 13.6. The van der Waals surface area contributed by atoms with Crippen molar-refractivity contribution in [3.63, 3.8) is 0 Å². The van der Waals surface area contributed by atoms with E-state index in [2.05, 4.69) is 15.5 Å². The molecule has 0 saturated carbocycles. The summed E-state index contributed by atoms with van der Waals surface area (Å²) in [6, 6.07) is 12.2. The summed E-state index contributed by atoms with van der Waals surface area (Å²) in [5.74, 6) is -0.00000284. The average Bonchev–Trinajstić information content (AvgIpc) is 2.73. The van der Waals surface area contributed by atoms with Gasteiger partial charge in [-0.2, -0.15) is 0 Å². The fourth-order valence-electron chi connectivity index (χ4n) is 3.30. The van der Waals surface area contributed by atoms with Gasteiger partial charge in [0.2, 0.25) is 5.91 Å². The largest absolute Gasteiger partial charge is 0.496 e. The number of benzene rings is 2. The number of amides is 1. The highest BCUT2D eigenvalue weighted by Gasteiger charge is 2.18. The lowest BCUT2D eigenvalue weighted by Crippen LogP contribution is -2.30. The molecule has 0 radical (unpaired) electrons. The third kappa shape index (κ3) is 4.70. The number of nitrogens with zero attached hydrogens (tertiary/aromatic N) is 2. The predicted octanol–water partition coefficient (Wildman–Crippen LogP) is 3.64. The fourth-order valence-corrected chi connectivity index (χ4v) is 3.30. The summed E-state index contributed by atoms with van der Waals surface area (Å²) in [5, 5.41) is 17.0. The Morgan fingerprint density at radius 2 is 1.89 bits per heavy atom. The molecule has 8 heteroatoms. The minimum Gasteiger partial charge on any atom is -0.496 e. The number of rotatable bonds is 7. The van der Waals surface area contributed by atoms with Gasteiger partial charge in [0.05, 0.1) is 36.0 Å². The van der Waals surface area contributed by atoms with Crippen molar-refractivity contribution in [1.29, 1.82) is 0 Å². The zero-order valence-corrected chi connectivity index (χ0v) is 15.8. The minimum atomic E-state index is -0.544. The van der Waals surface area contributed by atoms with Gasteiger partial charge in [-0.15, -0.1) is 0 Å². The standard InChI is InChI=1S/C20H24N4O4/c1-28-15-9-10-17(19(13-15)24(26)27)22-20(25)14-21-16-7-3-4-8-18(16)23-11-5-2-6-12-23/h3-4,7-10,13,21H,2,5-6,11-12,14H2,1H3,(H,22,25). The zero-order valence-electron chi connectivity index (χ0n) is 15.8. The van der Waals surface area contributed by atoms with E-state index in [0.29, 0.717) is 5.75 Å². The van der Waals surface area contributed by atoms with Gasteiger partial charge in [-0.1, -0.05) is 12.1 Å². The Labute approximate surface area is 163 Å². The number of para-hydroxylation sites is 2. The highest BCUT2D eigenvalue weighted by Crippen LogP contribution is 2.30. The van der Waals surface area contributed by atoms with Crippen LogP contribution in [-0.2, 0) is 4.79 Å². The molecule has 0 aliphatic carbocycles. The van der Waals surface area contributed by atoms with Crippen LogP contribution in [0.1, 0.15) is 19.3 Å². The lowest BCUT2D eigenvalue weighted by molar-refractivity contribution is -0.384. The second-order valence-corrected chi connectivity index (χ2v) is 6.61. The Balaban J connectivity index is 1.66. The summed E-state index contributed by atoms with van der Waals surface area (Å²) in [7, 11) is 1.43. The number of ether oxygens (including phenoxy) is 1. The van der Waals surface area contributed by atoms with Crippen LogP contribution in [0.4, 0.5) is 22.7 Å². The molecular weight excluding hydrogens is 360 g/mol. The molecule has 0 unspecified atom stereocenters. The number of nitro benzene ring substituents is 1. The van der Waals surface area contributed by atoms with E-state index in [4.69, 9.17) is 4.74 Å². The summed E-state index contributed by atoms with van der Waals surface area (Å²) < 4.78 is 5.01. The average molecular weight is 384 g/mol. The van der Waals surface area contributed by atoms with E-state index in [1.54, 1.807) is 6.07 Å². The Bertz CT molecular complexity index is 850. The van der Waals surface area contributed by atoms with E-state index in [1.807, 2.05) is 24.3 Å². The molecular formula is C20H24N4O4. The van der Waals surface area contributed by atoms with Gasteiger partial charge in [0.1, 0.15) is 11.4 Å². The molecule has 2 aromatic carbocycles. The van der Waals surface area contributed by atoms with Gasteiger partial charge < -0.3 is 20.3 Å². The van der Waals surface area contributed by atoms with Gasteiger partial charge in [-0.3, -0.25) is 14.9 Å². The number of nitrogens with one attached hydrogen (secondary N) is 2. The third-order valence-corrected chi connectivity index (χ3v) is 4.72. The molecule has 0 spiro atoms. The molecule has 1 amide bonds. The molecule has 1 saturated heterocycles. The maximum absolute atomic E-state index is 12.4. The van der Waals surface area contributed by atoms with Crippen LogP contribution < -0.4 is 20.3 Å². The van der Waals surface area contributed by atoms with Gasteiger partial charge in [-0.05, 0) is 43.5 Å². The summed E-state index contributed by atoms with van der Waals surface area (Å²) >= 11 is 0. The molecule has 1 heterocycles. The second kappa shape index (κ2) is 9.07. The molecule has 2 N–H and O–H groups in total. The van der Waals surface area contributed by atoms with Crippen LogP contribution in [0.5, 0.6) is 5.75 Å². The minimum absolute atomic E-state index is 0.00797. The number of piperidine rings is 1. The van der Waals surface area contributed by atoms with E-state index >= 15 is 0 Å². The van der Waals surface area contributed by atoms with Gasteiger partial charge in [0, 0.05) is 13.1 Å². The zero-order chi connectivity index (χ0) is 19.9. The van der Waals surface area contributed by atoms with Crippen LogP contribution in [0.3, 0.4) is 0 Å². The highest BCUT2D eigenvalue weighted by molar-refractivity contribution is 5.96. The van der Waals surface area contributed by atoms with Crippen molar-refractivity contribution >= 4 is 28.7 Å². The molecule has 3 rings (SSSR count). The van der Waals surface area contributed by atoms with E-state index in [9.17, 15) is 14.9 Å². The van der Waals surface area contributed by atoms with Gasteiger partial charge in [0.25, 0.3) is 5.69 Å². The number of nitro groups is 1. The molecule has 0 bridgehead atoms. The fraction of sp³-hybridized carbons (Fsp3) is 0.350. The Hall–Kier alpha value is -3.29. The normalized spacial score (nSPS) is 13.7. The van der Waals surface area contributed by atoms with E-state index in [-0.39, 0.29) is 23.8 Å². The van der Waals surface area contributed by atoms with Crippen LogP contribution in [0.25, 0.3) is 0 Å². The van der Waals surface area contributed by atoms with Crippen LogP contribution in [0, 0.1) is 10.1 Å². The maximum atomic E-state index is 12.4. The molecule has 8 nitrogen and oxygen atoms in total. The number of anilines is 3. The number of carbonyl (C=O) groups excluding carboxylic acids is 1. The van der Waals surface area contributed by atoms with Gasteiger partial charge in [-0.25, -0.2) is 0 Å². The lowest BCUT2D eigenvalue weighted by Gasteiger charge is -2.30. The van der Waals surface area contributed by atoms with Crippen LogP contribution in [-0.4, -0.2) is 37.6 Å². The van der Waals surface area contributed by atoms with Crippen LogP contribution in [0.15, 0.2) is 42.5 Å². The van der Waals surface area contributed by atoms with Crippen molar-refractivity contribution in [1.82, 2.24) is 0 Å². The molecule has 1 fully saturated rings. The van der Waals surface area contributed by atoms with Crippen molar-refractivity contribution in [2.75, 3.05) is 42.3 Å². The quantitative estimate of drug-likeness (QED) is 0.559. The highest BCUT2D eigenvalue weighted by atomic mass is 16.6. The van der Waals surface area contributed by atoms with Crippen LogP contribution >= 0.6 is 0 Å². The molecule has 2 aromatic rings. The first-order valence-electron chi connectivity index (χ1n) is 9.28. The summed E-state index contributed by atoms with van der Waals surface area (Å²) in [4.78, 5) is 25.4. The number of hydrogen-bond donors (Lipinski definition) is 2. The molecule has 0 aromatic heterocycles. The third-order valence-electron chi connectivity index (χ3n) is 4.72. The van der Waals surface area contributed by atoms with Crippen molar-refractivity contribution in [3.05, 3.63) is 52.6 Å². The van der Waals surface area contributed by atoms with E-state index in [1.165, 1.54) is 25.7 Å². The van der Waals surface area contributed by atoms with Crippen molar-refractivity contribution in [2.24, 2.45) is 0 Å². The molecule has 1 aliphatic heterocycles. The Morgan fingerprint density at radius 1 is 1.14 bits per heavy atom. The van der Waals surface area contributed by atoms with Crippen molar-refractivity contribution in [2.45, 2.75) is 19.3 Å². The molecule has 28 heavy (non-hydrogen) atoms. The Morgan fingerprint density at radius 3 is 2.61 bits per heavy atom. The van der Waals surface area contributed by atoms with Gasteiger partial charge in [0.15, 0.2) is 0 Å². The molecule has 0 atom stereocenters. The van der Waals surface area contributed by atoms with Gasteiger partial charge >= 0.3 is 0 Å². The predicted molar refractivity (Wildman–Crippen MR) is 109 cm³/mol. The first-order valence-corrected chi connectivity index (χ1v) is 9.28.